The van der Waals surface area contributed by atoms with Gasteiger partial charge in [0.05, 0.1) is 11.8 Å². The summed E-state index contributed by atoms with van der Waals surface area (Å²) in [7, 11) is 0. The molecule has 98 valence electrons. The lowest BCUT2D eigenvalue weighted by Crippen LogP contribution is -1.95. The minimum Gasteiger partial charge on any atom is -0.508 e. The van der Waals surface area contributed by atoms with Gasteiger partial charge in [-0.3, -0.25) is 0 Å². The number of hydrogen-bond donors (Lipinski definition) is 1. The molecule has 0 spiro atoms. The Kier molecular flexibility index (Phi) is 2.15. The summed E-state index contributed by atoms with van der Waals surface area (Å²) in [4.78, 5) is 11.8. The molecule has 3 aromatic rings. The molecule has 1 aliphatic rings. The number of carbonyl (C=O) groups excluding carboxylic acids is 1. The number of cyclic esters (lactones) is 1. The predicted octanol–water partition coefficient (Wildman–Crippen LogP) is 3.48. The number of hydrogen-bond acceptors (Lipinski definition) is 4. The Labute approximate surface area is 114 Å². The van der Waals surface area contributed by atoms with Gasteiger partial charge in [-0.05, 0) is 47.2 Å². The van der Waals surface area contributed by atoms with Crippen molar-refractivity contribution in [3.8, 4) is 17.1 Å². The standard InChI is InChI=1S/C16H10O4/c17-10-3-4-11-9(6-10)7-12-13(8-20-16(12)18)15(11)14-2-1-5-19-14/h1-7,17H,8H2. The highest BCUT2D eigenvalue weighted by atomic mass is 16.5. The van der Waals surface area contributed by atoms with Gasteiger partial charge in [-0.2, -0.15) is 0 Å². The van der Waals surface area contributed by atoms with Crippen LogP contribution < -0.4 is 0 Å². The number of ether oxygens (including phenoxy) is 1. The summed E-state index contributed by atoms with van der Waals surface area (Å²) in [5, 5.41) is 11.3. The highest BCUT2D eigenvalue weighted by Crippen LogP contribution is 2.39. The fraction of sp³-hybridized carbons (Fsp3) is 0.0625. The Hall–Kier alpha value is -2.75. The van der Waals surface area contributed by atoms with Crippen molar-refractivity contribution in [3.63, 3.8) is 0 Å². The first-order valence-electron chi connectivity index (χ1n) is 6.23. The second-order valence-electron chi connectivity index (χ2n) is 4.74. The first-order chi connectivity index (χ1) is 9.74. The number of benzene rings is 2. The molecule has 0 unspecified atom stereocenters. The molecule has 0 fully saturated rings. The zero-order valence-corrected chi connectivity index (χ0v) is 10.4. The summed E-state index contributed by atoms with van der Waals surface area (Å²) in [6, 6.07) is 10.5. The van der Waals surface area contributed by atoms with Gasteiger partial charge in [-0.1, -0.05) is 0 Å². The van der Waals surface area contributed by atoms with E-state index in [1.807, 2.05) is 12.1 Å². The summed E-state index contributed by atoms with van der Waals surface area (Å²) in [6.07, 6.45) is 1.60. The zero-order valence-electron chi connectivity index (χ0n) is 10.4. The maximum atomic E-state index is 11.8. The van der Waals surface area contributed by atoms with E-state index in [2.05, 4.69) is 0 Å². The number of phenols is 1. The number of rotatable bonds is 1. The molecule has 1 aromatic heterocycles. The van der Waals surface area contributed by atoms with Crippen LogP contribution in [0.4, 0.5) is 0 Å². The van der Waals surface area contributed by atoms with Gasteiger partial charge in [-0.15, -0.1) is 0 Å². The third-order valence-corrected chi connectivity index (χ3v) is 3.57. The monoisotopic (exact) mass is 266 g/mol. The zero-order chi connectivity index (χ0) is 13.7. The highest BCUT2D eigenvalue weighted by Gasteiger charge is 2.27. The van der Waals surface area contributed by atoms with Crippen molar-refractivity contribution in [1.29, 1.82) is 0 Å². The van der Waals surface area contributed by atoms with E-state index in [0.29, 0.717) is 11.3 Å². The first-order valence-corrected chi connectivity index (χ1v) is 6.23. The number of aromatic hydroxyl groups is 1. The van der Waals surface area contributed by atoms with E-state index in [0.717, 1.165) is 21.9 Å². The van der Waals surface area contributed by atoms with E-state index in [1.165, 1.54) is 0 Å². The van der Waals surface area contributed by atoms with Crippen LogP contribution in [0.3, 0.4) is 0 Å². The van der Waals surface area contributed by atoms with Crippen molar-refractivity contribution in [3.05, 3.63) is 53.8 Å². The summed E-state index contributed by atoms with van der Waals surface area (Å²) in [5.41, 5.74) is 2.23. The largest absolute Gasteiger partial charge is 0.508 e. The minimum atomic E-state index is -0.335. The predicted molar refractivity (Wildman–Crippen MR) is 72.4 cm³/mol. The third-order valence-electron chi connectivity index (χ3n) is 3.57. The lowest BCUT2D eigenvalue weighted by Gasteiger charge is -2.09. The normalized spacial score (nSPS) is 13.5. The summed E-state index contributed by atoms with van der Waals surface area (Å²) in [5.74, 6) is 0.517. The Morgan fingerprint density at radius 3 is 2.85 bits per heavy atom. The van der Waals surface area contributed by atoms with Crippen LogP contribution in [0.5, 0.6) is 5.75 Å². The van der Waals surface area contributed by atoms with Crippen molar-refractivity contribution in [2.45, 2.75) is 6.61 Å². The second-order valence-corrected chi connectivity index (χ2v) is 4.74. The summed E-state index contributed by atoms with van der Waals surface area (Å²) in [6.45, 7) is 0.251. The molecule has 0 aliphatic carbocycles. The van der Waals surface area contributed by atoms with E-state index < -0.39 is 0 Å². The van der Waals surface area contributed by atoms with Gasteiger partial charge in [0.25, 0.3) is 0 Å². The van der Waals surface area contributed by atoms with E-state index in [1.54, 1.807) is 30.5 Å². The highest BCUT2D eigenvalue weighted by molar-refractivity contribution is 6.06. The molecule has 0 saturated heterocycles. The van der Waals surface area contributed by atoms with Crippen LogP contribution in [-0.4, -0.2) is 11.1 Å². The van der Waals surface area contributed by atoms with E-state index in [-0.39, 0.29) is 18.3 Å². The van der Waals surface area contributed by atoms with Crippen LogP contribution in [0.2, 0.25) is 0 Å². The first kappa shape index (κ1) is 11.1. The molecular formula is C16H10O4. The number of phenolic OH excluding ortho intramolecular Hbond substituents is 1. The quantitative estimate of drug-likeness (QED) is 0.685. The van der Waals surface area contributed by atoms with Gasteiger partial charge in [0, 0.05) is 11.1 Å². The van der Waals surface area contributed by atoms with E-state index in [9.17, 15) is 9.90 Å². The lowest BCUT2D eigenvalue weighted by molar-refractivity contribution is 0.0535. The van der Waals surface area contributed by atoms with E-state index >= 15 is 0 Å². The molecule has 0 amide bonds. The molecule has 0 atom stereocenters. The minimum absolute atomic E-state index is 0.161. The van der Waals surface area contributed by atoms with Crippen LogP contribution in [-0.2, 0) is 11.3 Å². The van der Waals surface area contributed by atoms with Gasteiger partial charge in [0.2, 0.25) is 0 Å². The number of furan rings is 1. The molecule has 1 N–H and O–H groups in total. The molecule has 4 heteroatoms. The van der Waals surface area contributed by atoms with Crippen molar-refractivity contribution < 1.29 is 19.1 Å². The van der Waals surface area contributed by atoms with Gasteiger partial charge in [0.15, 0.2) is 0 Å². The Morgan fingerprint density at radius 1 is 1.15 bits per heavy atom. The van der Waals surface area contributed by atoms with Crippen LogP contribution in [0, 0.1) is 0 Å². The smallest absolute Gasteiger partial charge is 0.338 e. The molecule has 4 rings (SSSR count). The Bertz CT molecular complexity index is 831. The van der Waals surface area contributed by atoms with Crippen molar-refractivity contribution >= 4 is 16.7 Å². The van der Waals surface area contributed by atoms with E-state index in [4.69, 9.17) is 9.15 Å². The molecule has 2 heterocycles. The lowest BCUT2D eigenvalue weighted by atomic mass is 9.94. The molecule has 20 heavy (non-hydrogen) atoms. The fourth-order valence-electron chi connectivity index (χ4n) is 2.69. The Balaban J connectivity index is 2.16. The molecule has 2 aromatic carbocycles. The molecule has 0 bridgehead atoms. The second kappa shape index (κ2) is 3.87. The van der Waals surface area contributed by atoms with Crippen molar-refractivity contribution in [1.82, 2.24) is 0 Å². The van der Waals surface area contributed by atoms with Gasteiger partial charge in [0.1, 0.15) is 18.1 Å². The molecule has 4 nitrogen and oxygen atoms in total. The van der Waals surface area contributed by atoms with Crippen LogP contribution in [0.25, 0.3) is 22.1 Å². The maximum Gasteiger partial charge on any atom is 0.338 e. The summed E-state index contributed by atoms with van der Waals surface area (Å²) >= 11 is 0. The van der Waals surface area contributed by atoms with Crippen molar-refractivity contribution in [2.24, 2.45) is 0 Å². The molecule has 1 aliphatic heterocycles. The Morgan fingerprint density at radius 2 is 2.05 bits per heavy atom. The molecular weight excluding hydrogens is 256 g/mol. The van der Waals surface area contributed by atoms with Gasteiger partial charge < -0.3 is 14.3 Å². The fourth-order valence-corrected chi connectivity index (χ4v) is 2.69. The molecule has 0 saturated carbocycles. The number of esters is 1. The van der Waals surface area contributed by atoms with Crippen molar-refractivity contribution in [2.75, 3.05) is 0 Å². The van der Waals surface area contributed by atoms with Gasteiger partial charge >= 0.3 is 5.97 Å². The summed E-state index contributed by atoms with van der Waals surface area (Å²) < 4.78 is 10.6. The number of fused-ring (bicyclic) bond motifs is 2. The van der Waals surface area contributed by atoms with Crippen LogP contribution >= 0.6 is 0 Å². The third kappa shape index (κ3) is 1.45. The maximum absolute atomic E-state index is 11.8. The SMILES string of the molecule is O=C1OCc2c1cc1cc(O)ccc1c2-c1ccco1. The average molecular weight is 266 g/mol. The van der Waals surface area contributed by atoms with Gasteiger partial charge in [-0.25, -0.2) is 4.79 Å². The number of carbonyl (C=O) groups is 1. The molecule has 0 radical (unpaired) electrons. The van der Waals surface area contributed by atoms with Crippen LogP contribution in [0.15, 0.2) is 47.1 Å². The average Bonchev–Trinajstić information content (AvgIpc) is 3.07. The topological polar surface area (TPSA) is 59.7 Å². The van der Waals surface area contributed by atoms with Crippen LogP contribution in [0.1, 0.15) is 15.9 Å².